The van der Waals surface area contributed by atoms with E-state index in [1.165, 1.54) is 13.0 Å². The number of hydrogen-bond acceptors (Lipinski definition) is 3. The summed E-state index contributed by atoms with van der Waals surface area (Å²) in [6.45, 7) is 6.17. The van der Waals surface area contributed by atoms with Crippen molar-refractivity contribution < 1.29 is 9.18 Å². The third kappa shape index (κ3) is 3.07. The Balaban J connectivity index is 3.18. The molecule has 1 aromatic carbocycles. The van der Waals surface area contributed by atoms with Gasteiger partial charge in [0, 0.05) is 13.1 Å². The van der Waals surface area contributed by atoms with E-state index in [-0.39, 0.29) is 17.3 Å². The number of halogens is 1. The van der Waals surface area contributed by atoms with Gasteiger partial charge in [0.1, 0.15) is 5.82 Å². The molecule has 0 aliphatic rings. The smallest absolute Gasteiger partial charge is 0.164 e. The second-order valence-electron chi connectivity index (χ2n) is 4.26. The van der Waals surface area contributed by atoms with Gasteiger partial charge in [-0.05, 0) is 32.9 Å². The van der Waals surface area contributed by atoms with Gasteiger partial charge in [-0.3, -0.25) is 4.79 Å². The van der Waals surface area contributed by atoms with Crippen molar-refractivity contribution in [1.29, 1.82) is 5.26 Å². The van der Waals surface area contributed by atoms with Crippen LogP contribution in [-0.2, 0) is 0 Å². The maximum Gasteiger partial charge on any atom is 0.164 e. The van der Waals surface area contributed by atoms with Crippen LogP contribution in [0.2, 0.25) is 0 Å². The third-order valence-electron chi connectivity index (χ3n) is 2.78. The summed E-state index contributed by atoms with van der Waals surface area (Å²) in [4.78, 5) is 13.4. The lowest BCUT2D eigenvalue weighted by Crippen LogP contribution is -2.29. The molecule has 0 heterocycles. The normalized spacial score (nSPS) is 11.7. The lowest BCUT2D eigenvalue weighted by atomic mass is 10.1. The second-order valence-corrected chi connectivity index (χ2v) is 4.26. The van der Waals surface area contributed by atoms with Crippen LogP contribution in [0.4, 0.5) is 10.1 Å². The average molecular weight is 248 g/mol. The monoisotopic (exact) mass is 248 g/mol. The zero-order valence-corrected chi connectivity index (χ0v) is 10.9. The highest BCUT2D eigenvalue weighted by atomic mass is 19.1. The molecule has 1 atom stereocenters. The SMILES string of the molecule is CCN(CC(C)C#N)c1cccc(F)c1C(C)=O. The van der Waals surface area contributed by atoms with E-state index in [0.29, 0.717) is 18.8 Å². The molecule has 1 rings (SSSR count). The second kappa shape index (κ2) is 6.15. The van der Waals surface area contributed by atoms with Gasteiger partial charge in [-0.25, -0.2) is 4.39 Å². The summed E-state index contributed by atoms with van der Waals surface area (Å²) < 4.78 is 13.7. The van der Waals surface area contributed by atoms with Crippen molar-refractivity contribution in [1.82, 2.24) is 0 Å². The van der Waals surface area contributed by atoms with Gasteiger partial charge >= 0.3 is 0 Å². The van der Waals surface area contributed by atoms with E-state index in [2.05, 4.69) is 6.07 Å². The van der Waals surface area contributed by atoms with Crippen molar-refractivity contribution in [3.63, 3.8) is 0 Å². The molecule has 0 saturated heterocycles. The van der Waals surface area contributed by atoms with E-state index in [0.717, 1.165) is 0 Å². The van der Waals surface area contributed by atoms with Crippen LogP contribution in [-0.4, -0.2) is 18.9 Å². The Kier molecular flexibility index (Phi) is 4.85. The zero-order valence-electron chi connectivity index (χ0n) is 10.9. The minimum absolute atomic E-state index is 0.101. The van der Waals surface area contributed by atoms with Crippen LogP contribution < -0.4 is 4.90 Å². The lowest BCUT2D eigenvalue weighted by molar-refractivity contribution is 0.101. The molecule has 0 N–H and O–H groups in total. The summed E-state index contributed by atoms with van der Waals surface area (Å²) >= 11 is 0. The van der Waals surface area contributed by atoms with Gasteiger partial charge < -0.3 is 4.90 Å². The first kappa shape index (κ1) is 14.2. The first-order valence-electron chi connectivity index (χ1n) is 5.95. The van der Waals surface area contributed by atoms with Crippen molar-refractivity contribution in [3.8, 4) is 6.07 Å². The van der Waals surface area contributed by atoms with Gasteiger partial charge in [0.05, 0.1) is 23.2 Å². The summed E-state index contributed by atoms with van der Waals surface area (Å²) in [5, 5.41) is 8.84. The zero-order chi connectivity index (χ0) is 13.7. The highest BCUT2D eigenvalue weighted by molar-refractivity contribution is 6.00. The fourth-order valence-electron chi connectivity index (χ4n) is 1.89. The number of nitrogens with zero attached hydrogens (tertiary/aromatic N) is 2. The van der Waals surface area contributed by atoms with Gasteiger partial charge in [-0.1, -0.05) is 6.07 Å². The molecule has 0 aliphatic carbocycles. The van der Waals surface area contributed by atoms with Crippen molar-refractivity contribution in [3.05, 3.63) is 29.6 Å². The number of carbonyl (C=O) groups is 1. The number of carbonyl (C=O) groups excluding carboxylic acids is 1. The van der Waals surface area contributed by atoms with Crippen LogP contribution in [0.5, 0.6) is 0 Å². The topological polar surface area (TPSA) is 44.1 Å². The largest absolute Gasteiger partial charge is 0.370 e. The highest BCUT2D eigenvalue weighted by Gasteiger charge is 2.18. The Morgan fingerprint density at radius 3 is 2.72 bits per heavy atom. The Morgan fingerprint density at radius 1 is 1.56 bits per heavy atom. The summed E-state index contributed by atoms with van der Waals surface area (Å²) in [5.74, 6) is -0.984. The summed E-state index contributed by atoms with van der Waals surface area (Å²) in [5.41, 5.74) is 0.664. The molecule has 0 fully saturated rings. The van der Waals surface area contributed by atoms with Gasteiger partial charge in [-0.2, -0.15) is 5.26 Å². The van der Waals surface area contributed by atoms with E-state index in [9.17, 15) is 9.18 Å². The molecule has 3 nitrogen and oxygen atoms in total. The number of hydrogen-bond donors (Lipinski definition) is 0. The first-order chi connectivity index (χ1) is 8.51. The summed E-state index contributed by atoms with van der Waals surface area (Å²) in [6, 6.07) is 6.72. The fourth-order valence-corrected chi connectivity index (χ4v) is 1.89. The quantitative estimate of drug-likeness (QED) is 0.752. The molecule has 0 saturated carbocycles. The predicted octanol–water partition coefficient (Wildman–Crippen LogP) is 3.01. The number of ketones is 1. The van der Waals surface area contributed by atoms with Crippen LogP contribution >= 0.6 is 0 Å². The maximum absolute atomic E-state index is 13.7. The van der Waals surface area contributed by atoms with Crippen LogP contribution in [0, 0.1) is 23.1 Å². The molecule has 1 aromatic rings. The first-order valence-corrected chi connectivity index (χ1v) is 5.95. The van der Waals surface area contributed by atoms with E-state index < -0.39 is 5.82 Å². The van der Waals surface area contributed by atoms with Gasteiger partial charge in [0.15, 0.2) is 5.78 Å². The molecule has 1 unspecified atom stereocenters. The molecule has 96 valence electrons. The standard InChI is InChI=1S/C14H17FN2O/c1-4-17(9-10(2)8-16)13-7-5-6-12(15)14(13)11(3)18/h5-7,10H,4,9H2,1-3H3. The Hall–Kier alpha value is -1.89. The molecule has 0 aromatic heterocycles. The molecule has 0 bridgehead atoms. The molecule has 4 heteroatoms. The Bertz CT molecular complexity index is 479. The lowest BCUT2D eigenvalue weighted by Gasteiger charge is -2.26. The van der Waals surface area contributed by atoms with Crippen molar-refractivity contribution in [2.45, 2.75) is 20.8 Å². The van der Waals surface area contributed by atoms with Gasteiger partial charge in [0.25, 0.3) is 0 Å². The maximum atomic E-state index is 13.7. The third-order valence-corrected chi connectivity index (χ3v) is 2.78. The molecule has 0 spiro atoms. The molecule has 0 aliphatic heterocycles. The van der Waals surface area contributed by atoms with Gasteiger partial charge in [0.2, 0.25) is 0 Å². The van der Waals surface area contributed by atoms with E-state index in [1.807, 2.05) is 11.8 Å². The molecule has 0 radical (unpaired) electrons. The molecular formula is C14H17FN2O. The van der Waals surface area contributed by atoms with Crippen LogP contribution in [0.1, 0.15) is 31.1 Å². The number of Topliss-reactive ketones (excluding diaryl/α,β-unsaturated/α-hetero) is 1. The number of nitriles is 1. The van der Waals surface area contributed by atoms with Crippen LogP contribution in [0.3, 0.4) is 0 Å². The van der Waals surface area contributed by atoms with Crippen molar-refractivity contribution >= 4 is 11.5 Å². The predicted molar refractivity (Wildman–Crippen MR) is 69.1 cm³/mol. The summed E-state index contributed by atoms with van der Waals surface area (Å²) in [7, 11) is 0. The van der Waals surface area contributed by atoms with Crippen LogP contribution in [0.15, 0.2) is 18.2 Å². The fraction of sp³-hybridized carbons (Fsp3) is 0.429. The summed E-state index contributed by atoms with van der Waals surface area (Å²) in [6.07, 6.45) is 0. The minimum atomic E-state index is -0.511. The highest BCUT2D eigenvalue weighted by Crippen LogP contribution is 2.24. The van der Waals surface area contributed by atoms with Gasteiger partial charge in [-0.15, -0.1) is 0 Å². The number of benzene rings is 1. The van der Waals surface area contributed by atoms with Crippen LogP contribution in [0.25, 0.3) is 0 Å². The van der Waals surface area contributed by atoms with E-state index in [4.69, 9.17) is 5.26 Å². The Labute approximate surface area is 107 Å². The molecule has 0 amide bonds. The van der Waals surface area contributed by atoms with Crippen molar-refractivity contribution in [2.75, 3.05) is 18.0 Å². The number of anilines is 1. The van der Waals surface area contributed by atoms with Crippen molar-refractivity contribution in [2.24, 2.45) is 5.92 Å². The number of rotatable bonds is 5. The van der Waals surface area contributed by atoms with E-state index >= 15 is 0 Å². The Morgan fingerprint density at radius 2 is 2.22 bits per heavy atom. The molecular weight excluding hydrogens is 231 g/mol. The van der Waals surface area contributed by atoms with E-state index in [1.54, 1.807) is 19.1 Å². The molecule has 18 heavy (non-hydrogen) atoms. The average Bonchev–Trinajstić information content (AvgIpc) is 2.34. The minimum Gasteiger partial charge on any atom is -0.370 e.